The Labute approximate surface area is 130 Å². The van der Waals surface area contributed by atoms with E-state index in [0.717, 1.165) is 10.2 Å². The summed E-state index contributed by atoms with van der Waals surface area (Å²) in [6, 6.07) is 19.1. The SMILES string of the molecule is ClC(Cc1ccc2ccccc2c1)c1ccc(Br)s1. The van der Waals surface area contributed by atoms with Crippen molar-refractivity contribution < 1.29 is 0 Å². The first-order valence-electron chi connectivity index (χ1n) is 6.09. The number of fused-ring (bicyclic) bond motifs is 1. The molecule has 3 aromatic rings. The van der Waals surface area contributed by atoms with Crippen LogP contribution in [0.1, 0.15) is 15.8 Å². The zero-order chi connectivity index (χ0) is 13.2. The number of thiophene rings is 1. The fourth-order valence-corrected chi connectivity index (χ4v) is 3.96. The molecular weight excluding hydrogens is 340 g/mol. The first-order chi connectivity index (χ1) is 9.22. The second kappa shape index (κ2) is 5.66. The summed E-state index contributed by atoms with van der Waals surface area (Å²) >= 11 is 11.7. The maximum Gasteiger partial charge on any atom is 0.0719 e. The minimum Gasteiger partial charge on any atom is -0.132 e. The Balaban J connectivity index is 1.84. The maximum atomic E-state index is 6.49. The third-order valence-electron chi connectivity index (χ3n) is 3.13. The van der Waals surface area contributed by atoms with Gasteiger partial charge in [0.25, 0.3) is 0 Å². The molecule has 1 aromatic heterocycles. The van der Waals surface area contributed by atoms with Crippen LogP contribution in [0.2, 0.25) is 0 Å². The average molecular weight is 352 g/mol. The van der Waals surface area contributed by atoms with Crippen LogP contribution in [-0.4, -0.2) is 0 Å². The van der Waals surface area contributed by atoms with E-state index in [4.69, 9.17) is 11.6 Å². The van der Waals surface area contributed by atoms with Crippen molar-refractivity contribution >= 4 is 49.6 Å². The van der Waals surface area contributed by atoms with E-state index in [-0.39, 0.29) is 5.38 Å². The van der Waals surface area contributed by atoms with E-state index < -0.39 is 0 Å². The molecule has 0 spiro atoms. The van der Waals surface area contributed by atoms with Crippen molar-refractivity contribution in [2.45, 2.75) is 11.8 Å². The van der Waals surface area contributed by atoms with Gasteiger partial charge in [0.15, 0.2) is 0 Å². The topological polar surface area (TPSA) is 0 Å². The van der Waals surface area contributed by atoms with Gasteiger partial charge in [-0.05, 0) is 50.8 Å². The van der Waals surface area contributed by atoms with Crippen LogP contribution in [0, 0.1) is 0 Å². The lowest BCUT2D eigenvalue weighted by atomic mass is 10.0. The second-order valence-corrected chi connectivity index (χ2v) is 7.52. The van der Waals surface area contributed by atoms with Gasteiger partial charge in [-0.25, -0.2) is 0 Å². The van der Waals surface area contributed by atoms with Crippen molar-refractivity contribution in [3.63, 3.8) is 0 Å². The molecule has 0 fully saturated rings. The standard InChI is InChI=1S/C16H12BrClS/c17-16-8-7-15(19-16)14(18)10-11-5-6-12-3-1-2-4-13(12)9-11/h1-9,14H,10H2. The van der Waals surface area contributed by atoms with E-state index in [1.807, 2.05) is 0 Å². The fraction of sp³-hybridized carbons (Fsp3) is 0.125. The van der Waals surface area contributed by atoms with Crippen LogP contribution in [0.5, 0.6) is 0 Å². The van der Waals surface area contributed by atoms with Crippen LogP contribution in [0.3, 0.4) is 0 Å². The van der Waals surface area contributed by atoms with Crippen molar-refractivity contribution in [1.82, 2.24) is 0 Å². The van der Waals surface area contributed by atoms with E-state index >= 15 is 0 Å². The van der Waals surface area contributed by atoms with Gasteiger partial charge in [-0.2, -0.15) is 0 Å². The van der Waals surface area contributed by atoms with Crippen molar-refractivity contribution in [3.05, 3.63) is 68.8 Å². The normalized spacial score (nSPS) is 12.7. The minimum atomic E-state index is 0.0393. The molecule has 1 unspecified atom stereocenters. The number of benzene rings is 2. The molecule has 0 bridgehead atoms. The smallest absolute Gasteiger partial charge is 0.0719 e. The lowest BCUT2D eigenvalue weighted by molar-refractivity contribution is 0.942. The van der Waals surface area contributed by atoms with Gasteiger partial charge < -0.3 is 0 Å². The predicted molar refractivity (Wildman–Crippen MR) is 88.3 cm³/mol. The van der Waals surface area contributed by atoms with E-state index in [9.17, 15) is 0 Å². The quantitative estimate of drug-likeness (QED) is 0.494. The fourth-order valence-electron chi connectivity index (χ4n) is 2.17. The highest BCUT2D eigenvalue weighted by atomic mass is 79.9. The van der Waals surface area contributed by atoms with E-state index in [1.54, 1.807) is 11.3 Å². The highest BCUT2D eigenvalue weighted by molar-refractivity contribution is 9.11. The molecule has 0 saturated heterocycles. The zero-order valence-electron chi connectivity index (χ0n) is 10.1. The molecule has 0 N–H and O–H groups in total. The van der Waals surface area contributed by atoms with Crippen molar-refractivity contribution in [2.24, 2.45) is 0 Å². The summed E-state index contributed by atoms with van der Waals surface area (Å²) in [4.78, 5) is 1.21. The molecule has 1 atom stereocenters. The van der Waals surface area contributed by atoms with Gasteiger partial charge >= 0.3 is 0 Å². The average Bonchev–Trinajstić information content (AvgIpc) is 2.85. The first-order valence-corrected chi connectivity index (χ1v) is 8.14. The molecule has 0 aliphatic rings. The molecular formula is C16H12BrClS. The number of rotatable bonds is 3. The predicted octanol–water partition coefficient (Wildman–Crippen LogP) is 6.19. The molecule has 0 aliphatic heterocycles. The molecule has 0 amide bonds. The first kappa shape index (κ1) is 13.2. The van der Waals surface area contributed by atoms with E-state index in [1.165, 1.54) is 21.2 Å². The van der Waals surface area contributed by atoms with Crippen LogP contribution in [-0.2, 0) is 6.42 Å². The van der Waals surface area contributed by atoms with Gasteiger partial charge in [-0.3, -0.25) is 0 Å². The summed E-state index contributed by atoms with van der Waals surface area (Å²) in [7, 11) is 0. The van der Waals surface area contributed by atoms with Gasteiger partial charge in [0.05, 0.1) is 9.16 Å². The van der Waals surface area contributed by atoms with Crippen molar-refractivity contribution in [2.75, 3.05) is 0 Å². The summed E-state index contributed by atoms with van der Waals surface area (Å²) in [5.41, 5.74) is 1.28. The largest absolute Gasteiger partial charge is 0.132 e. The summed E-state index contributed by atoms with van der Waals surface area (Å²) in [6.07, 6.45) is 0.860. The van der Waals surface area contributed by atoms with Crippen LogP contribution in [0.4, 0.5) is 0 Å². The molecule has 96 valence electrons. The minimum absolute atomic E-state index is 0.0393. The van der Waals surface area contributed by atoms with E-state index in [2.05, 4.69) is 70.5 Å². The molecule has 3 heteroatoms. The molecule has 1 heterocycles. The summed E-state index contributed by atoms with van der Waals surface area (Å²) in [6.45, 7) is 0. The molecule has 3 rings (SSSR count). The number of hydrogen-bond donors (Lipinski definition) is 0. The summed E-state index contributed by atoms with van der Waals surface area (Å²) in [5, 5.41) is 2.59. The third kappa shape index (κ3) is 3.02. The molecule has 0 nitrogen and oxygen atoms in total. The maximum absolute atomic E-state index is 6.49. The molecule has 19 heavy (non-hydrogen) atoms. The monoisotopic (exact) mass is 350 g/mol. The van der Waals surface area contributed by atoms with E-state index in [0.29, 0.717) is 0 Å². The highest BCUT2D eigenvalue weighted by Gasteiger charge is 2.11. The summed E-state index contributed by atoms with van der Waals surface area (Å²) < 4.78 is 1.13. The van der Waals surface area contributed by atoms with Gasteiger partial charge in [0.2, 0.25) is 0 Å². The third-order valence-corrected chi connectivity index (χ3v) is 5.39. The number of halogens is 2. The van der Waals surface area contributed by atoms with Gasteiger partial charge in [0, 0.05) is 4.88 Å². The van der Waals surface area contributed by atoms with Gasteiger partial charge in [-0.1, -0.05) is 42.5 Å². The Morgan fingerprint density at radius 1 is 1.00 bits per heavy atom. The Bertz CT molecular complexity index is 705. The van der Waals surface area contributed by atoms with Crippen LogP contribution >= 0.6 is 38.9 Å². The molecule has 0 aliphatic carbocycles. The van der Waals surface area contributed by atoms with Crippen molar-refractivity contribution in [1.29, 1.82) is 0 Å². The number of alkyl halides is 1. The highest BCUT2D eigenvalue weighted by Crippen LogP contribution is 2.33. The lowest BCUT2D eigenvalue weighted by Crippen LogP contribution is -1.93. The van der Waals surface area contributed by atoms with Gasteiger partial charge in [-0.15, -0.1) is 22.9 Å². The van der Waals surface area contributed by atoms with Crippen LogP contribution in [0.25, 0.3) is 10.8 Å². The van der Waals surface area contributed by atoms with Crippen LogP contribution < -0.4 is 0 Å². The second-order valence-electron chi connectivity index (χ2n) is 4.50. The zero-order valence-corrected chi connectivity index (χ0v) is 13.3. The molecule has 0 radical (unpaired) electrons. The Hall–Kier alpha value is -0.830. The Morgan fingerprint density at radius 3 is 2.53 bits per heavy atom. The summed E-state index contributed by atoms with van der Waals surface area (Å²) in [5.74, 6) is 0. The molecule has 0 saturated carbocycles. The van der Waals surface area contributed by atoms with Crippen LogP contribution in [0.15, 0.2) is 58.4 Å². The lowest BCUT2D eigenvalue weighted by Gasteiger charge is -2.08. The Kier molecular flexibility index (Phi) is 3.92. The van der Waals surface area contributed by atoms with Crippen molar-refractivity contribution in [3.8, 4) is 0 Å². The number of hydrogen-bond acceptors (Lipinski definition) is 1. The van der Waals surface area contributed by atoms with Gasteiger partial charge in [0.1, 0.15) is 0 Å². The Morgan fingerprint density at radius 2 is 1.79 bits per heavy atom. The molecule has 2 aromatic carbocycles.